The van der Waals surface area contributed by atoms with Crippen molar-refractivity contribution >= 4 is 17.9 Å². The van der Waals surface area contributed by atoms with Crippen LogP contribution in [0.2, 0.25) is 0 Å². The Hall–Kier alpha value is -1.63. The number of rotatable bonds is 4. The SMILES string of the molecule is COC(=O)C1(C(C)OC)CC(C)C(C)(OC(C)=O)C(=O)O1. The molecule has 1 saturated heterocycles. The lowest BCUT2D eigenvalue weighted by atomic mass is 9.75. The molecular formula is C14H22O7. The molecule has 0 aliphatic carbocycles. The van der Waals surface area contributed by atoms with Gasteiger partial charge in [-0.2, -0.15) is 0 Å². The van der Waals surface area contributed by atoms with Gasteiger partial charge in [0.05, 0.1) is 7.11 Å². The van der Waals surface area contributed by atoms with Gasteiger partial charge in [0, 0.05) is 26.4 Å². The summed E-state index contributed by atoms with van der Waals surface area (Å²) in [6.45, 7) is 6.01. The average Bonchev–Trinajstić information content (AvgIpc) is 2.42. The molecule has 0 aromatic heterocycles. The van der Waals surface area contributed by atoms with E-state index in [2.05, 4.69) is 0 Å². The molecule has 1 aliphatic heterocycles. The van der Waals surface area contributed by atoms with Gasteiger partial charge in [-0.3, -0.25) is 4.79 Å². The van der Waals surface area contributed by atoms with Crippen LogP contribution in [0.25, 0.3) is 0 Å². The number of hydrogen-bond donors (Lipinski definition) is 0. The molecule has 0 radical (unpaired) electrons. The zero-order valence-electron chi connectivity index (χ0n) is 13.2. The summed E-state index contributed by atoms with van der Waals surface area (Å²) in [5.41, 5.74) is -2.98. The van der Waals surface area contributed by atoms with Crippen molar-refractivity contribution in [2.45, 2.75) is 51.4 Å². The standard InChI is InChI=1S/C14H22O7/c1-8-7-14(9(2)18-5,12(17)19-6)21-11(16)13(8,4)20-10(3)15/h8-9H,7H2,1-6H3. The molecule has 7 heteroatoms. The van der Waals surface area contributed by atoms with Crippen LogP contribution < -0.4 is 0 Å². The Bertz CT molecular complexity index is 447. The second-order valence-electron chi connectivity index (χ2n) is 5.45. The molecule has 0 aromatic rings. The zero-order chi connectivity index (χ0) is 16.4. The molecular weight excluding hydrogens is 280 g/mol. The number of carbonyl (C=O) groups excluding carboxylic acids is 3. The van der Waals surface area contributed by atoms with E-state index >= 15 is 0 Å². The monoisotopic (exact) mass is 302 g/mol. The maximum absolute atomic E-state index is 12.4. The van der Waals surface area contributed by atoms with Crippen LogP contribution in [0.1, 0.15) is 34.1 Å². The van der Waals surface area contributed by atoms with E-state index < -0.39 is 41.1 Å². The number of esters is 3. The molecule has 0 saturated carbocycles. The second kappa shape index (κ2) is 6.01. The summed E-state index contributed by atoms with van der Waals surface area (Å²) in [5, 5.41) is 0. The molecule has 21 heavy (non-hydrogen) atoms. The van der Waals surface area contributed by atoms with Crippen LogP contribution in [-0.2, 0) is 33.3 Å². The van der Waals surface area contributed by atoms with E-state index in [9.17, 15) is 14.4 Å². The van der Waals surface area contributed by atoms with E-state index in [-0.39, 0.29) is 6.42 Å². The molecule has 4 atom stereocenters. The van der Waals surface area contributed by atoms with Crippen molar-refractivity contribution in [3.05, 3.63) is 0 Å². The first-order valence-electron chi connectivity index (χ1n) is 6.68. The predicted octanol–water partition coefficient (Wildman–Crippen LogP) is 0.838. The molecule has 0 amide bonds. The van der Waals surface area contributed by atoms with Crippen molar-refractivity contribution < 1.29 is 33.3 Å². The molecule has 1 fully saturated rings. The smallest absolute Gasteiger partial charge is 0.353 e. The summed E-state index contributed by atoms with van der Waals surface area (Å²) in [4.78, 5) is 35.7. The summed E-state index contributed by atoms with van der Waals surface area (Å²) < 4.78 is 20.4. The zero-order valence-corrected chi connectivity index (χ0v) is 13.2. The summed E-state index contributed by atoms with van der Waals surface area (Å²) in [7, 11) is 2.62. The Labute approximate surface area is 123 Å². The lowest BCUT2D eigenvalue weighted by molar-refractivity contribution is -0.234. The van der Waals surface area contributed by atoms with Crippen molar-refractivity contribution in [2.24, 2.45) is 5.92 Å². The molecule has 0 spiro atoms. The topological polar surface area (TPSA) is 88.1 Å². The highest BCUT2D eigenvalue weighted by atomic mass is 16.6. The summed E-state index contributed by atoms with van der Waals surface area (Å²) in [5.74, 6) is -2.52. The van der Waals surface area contributed by atoms with Crippen LogP contribution in [0.4, 0.5) is 0 Å². The fourth-order valence-electron chi connectivity index (χ4n) is 2.50. The Kier molecular flexibility index (Phi) is 4.99. The summed E-state index contributed by atoms with van der Waals surface area (Å²) >= 11 is 0. The van der Waals surface area contributed by atoms with Crippen molar-refractivity contribution in [3.63, 3.8) is 0 Å². The minimum Gasteiger partial charge on any atom is -0.466 e. The van der Waals surface area contributed by atoms with Crippen LogP contribution in [0, 0.1) is 5.92 Å². The van der Waals surface area contributed by atoms with Gasteiger partial charge < -0.3 is 18.9 Å². The highest BCUT2D eigenvalue weighted by molar-refractivity contribution is 5.90. The first-order chi connectivity index (χ1) is 9.63. The van der Waals surface area contributed by atoms with Gasteiger partial charge in [0.15, 0.2) is 0 Å². The third-order valence-electron chi connectivity index (χ3n) is 4.13. The quantitative estimate of drug-likeness (QED) is 0.561. The molecule has 1 rings (SSSR count). The van der Waals surface area contributed by atoms with Crippen molar-refractivity contribution in [1.29, 1.82) is 0 Å². The molecule has 7 nitrogen and oxygen atoms in total. The Balaban J connectivity index is 3.19. The molecule has 1 heterocycles. The van der Waals surface area contributed by atoms with Crippen LogP contribution in [0.15, 0.2) is 0 Å². The fourth-order valence-corrected chi connectivity index (χ4v) is 2.50. The minimum absolute atomic E-state index is 0.129. The Morgan fingerprint density at radius 3 is 2.33 bits per heavy atom. The second-order valence-corrected chi connectivity index (χ2v) is 5.45. The Morgan fingerprint density at radius 1 is 1.38 bits per heavy atom. The van der Waals surface area contributed by atoms with Crippen LogP contribution in [0.5, 0.6) is 0 Å². The lowest BCUT2D eigenvalue weighted by Crippen LogP contribution is -2.64. The van der Waals surface area contributed by atoms with Gasteiger partial charge in [0.2, 0.25) is 11.2 Å². The normalized spacial score (nSPS) is 33.8. The minimum atomic E-state index is -1.54. The van der Waals surface area contributed by atoms with Crippen LogP contribution >= 0.6 is 0 Å². The van der Waals surface area contributed by atoms with Crippen molar-refractivity contribution in [3.8, 4) is 0 Å². The van der Waals surface area contributed by atoms with E-state index in [0.29, 0.717) is 0 Å². The number of carbonyl (C=O) groups is 3. The maximum Gasteiger partial charge on any atom is 0.353 e. The molecule has 4 unspecified atom stereocenters. The fraction of sp³-hybridized carbons (Fsp3) is 0.786. The van der Waals surface area contributed by atoms with Crippen LogP contribution in [0.3, 0.4) is 0 Å². The molecule has 0 aromatic carbocycles. The van der Waals surface area contributed by atoms with Crippen molar-refractivity contribution in [1.82, 2.24) is 0 Å². The highest BCUT2D eigenvalue weighted by Crippen LogP contribution is 2.41. The van der Waals surface area contributed by atoms with Crippen molar-refractivity contribution in [2.75, 3.05) is 14.2 Å². The van der Waals surface area contributed by atoms with Gasteiger partial charge in [-0.15, -0.1) is 0 Å². The van der Waals surface area contributed by atoms with Crippen LogP contribution in [-0.4, -0.2) is 49.4 Å². The van der Waals surface area contributed by atoms with Gasteiger partial charge in [0.25, 0.3) is 0 Å². The largest absolute Gasteiger partial charge is 0.466 e. The average molecular weight is 302 g/mol. The summed E-state index contributed by atoms with van der Waals surface area (Å²) in [6.07, 6.45) is -0.567. The third kappa shape index (κ3) is 2.88. The van der Waals surface area contributed by atoms with Gasteiger partial charge in [-0.25, -0.2) is 9.59 Å². The van der Waals surface area contributed by atoms with Gasteiger partial charge in [-0.05, 0) is 13.8 Å². The highest BCUT2D eigenvalue weighted by Gasteiger charge is 2.61. The van der Waals surface area contributed by atoms with E-state index in [1.54, 1.807) is 13.8 Å². The van der Waals surface area contributed by atoms with E-state index in [4.69, 9.17) is 18.9 Å². The van der Waals surface area contributed by atoms with E-state index in [0.717, 1.165) is 0 Å². The summed E-state index contributed by atoms with van der Waals surface area (Å²) in [6, 6.07) is 0. The third-order valence-corrected chi connectivity index (χ3v) is 4.13. The molecule has 0 bridgehead atoms. The number of cyclic esters (lactones) is 1. The number of hydrogen-bond acceptors (Lipinski definition) is 7. The van der Waals surface area contributed by atoms with Gasteiger partial charge in [-0.1, -0.05) is 6.92 Å². The lowest BCUT2D eigenvalue weighted by Gasteiger charge is -2.46. The molecule has 0 N–H and O–H groups in total. The van der Waals surface area contributed by atoms with Gasteiger partial charge in [0.1, 0.15) is 6.10 Å². The molecule has 1 aliphatic rings. The Morgan fingerprint density at radius 2 is 1.95 bits per heavy atom. The number of methoxy groups -OCH3 is 2. The maximum atomic E-state index is 12.4. The predicted molar refractivity (Wildman–Crippen MR) is 71.3 cm³/mol. The first kappa shape index (κ1) is 17.4. The van der Waals surface area contributed by atoms with Gasteiger partial charge >= 0.3 is 17.9 Å². The van der Waals surface area contributed by atoms with E-state index in [1.807, 2.05) is 0 Å². The van der Waals surface area contributed by atoms with E-state index in [1.165, 1.54) is 28.1 Å². The number of ether oxygens (including phenoxy) is 4. The molecule has 120 valence electrons. The first-order valence-corrected chi connectivity index (χ1v) is 6.68.